The zero-order chi connectivity index (χ0) is 19.4. The standard InChI is InChI=1S/C19H19N3O5/c1-13(23)14-3-2-4-16(11-14)20-19(24)15-5-6-17(18(12-15)22(25)26)21-7-9-27-10-8-21/h2-6,11-12H,7-10H2,1H3,(H,20,24). The molecule has 1 N–H and O–H groups in total. The number of amides is 1. The van der Waals surface area contributed by atoms with Crippen molar-refractivity contribution in [1.82, 2.24) is 0 Å². The van der Waals surface area contributed by atoms with E-state index in [0.29, 0.717) is 43.2 Å². The molecule has 27 heavy (non-hydrogen) atoms. The van der Waals surface area contributed by atoms with Crippen LogP contribution in [-0.4, -0.2) is 42.9 Å². The van der Waals surface area contributed by atoms with Gasteiger partial charge in [-0.25, -0.2) is 0 Å². The van der Waals surface area contributed by atoms with Crippen LogP contribution in [0, 0.1) is 10.1 Å². The molecular weight excluding hydrogens is 350 g/mol. The molecule has 2 aromatic carbocycles. The van der Waals surface area contributed by atoms with Gasteiger partial charge in [0.2, 0.25) is 0 Å². The highest BCUT2D eigenvalue weighted by Gasteiger charge is 2.23. The Morgan fingerprint density at radius 2 is 1.85 bits per heavy atom. The number of ether oxygens (including phenoxy) is 1. The van der Waals surface area contributed by atoms with Gasteiger partial charge in [-0.1, -0.05) is 12.1 Å². The van der Waals surface area contributed by atoms with E-state index in [0.717, 1.165) is 0 Å². The summed E-state index contributed by atoms with van der Waals surface area (Å²) in [5, 5.41) is 14.2. The van der Waals surface area contributed by atoms with Crippen LogP contribution in [0.25, 0.3) is 0 Å². The number of nitro groups is 1. The summed E-state index contributed by atoms with van der Waals surface area (Å²) in [6.45, 7) is 3.57. The first-order valence-corrected chi connectivity index (χ1v) is 8.49. The monoisotopic (exact) mass is 369 g/mol. The number of nitro benzene ring substituents is 1. The van der Waals surface area contributed by atoms with E-state index in [1.807, 2.05) is 4.90 Å². The lowest BCUT2D eigenvalue weighted by Crippen LogP contribution is -2.36. The quantitative estimate of drug-likeness (QED) is 0.494. The van der Waals surface area contributed by atoms with Crippen molar-refractivity contribution in [3.05, 3.63) is 63.7 Å². The first-order valence-electron chi connectivity index (χ1n) is 8.49. The van der Waals surface area contributed by atoms with Gasteiger partial charge in [-0.15, -0.1) is 0 Å². The maximum Gasteiger partial charge on any atom is 0.293 e. The molecule has 0 aliphatic carbocycles. The molecule has 0 saturated carbocycles. The summed E-state index contributed by atoms with van der Waals surface area (Å²) in [5.41, 5.74) is 1.45. The van der Waals surface area contributed by atoms with E-state index in [1.165, 1.54) is 13.0 Å². The van der Waals surface area contributed by atoms with E-state index in [4.69, 9.17) is 4.74 Å². The van der Waals surface area contributed by atoms with E-state index >= 15 is 0 Å². The van der Waals surface area contributed by atoms with Crippen LogP contribution >= 0.6 is 0 Å². The predicted octanol–water partition coefficient (Wildman–Crippen LogP) is 2.89. The number of hydrogen-bond donors (Lipinski definition) is 1. The number of hydrogen-bond acceptors (Lipinski definition) is 6. The average Bonchev–Trinajstić information content (AvgIpc) is 2.68. The molecule has 0 spiro atoms. The summed E-state index contributed by atoms with van der Waals surface area (Å²) in [5.74, 6) is -0.594. The van der Waals surface area contributed by atoms with Crippen LogP contribution < -0.4 is 10.2 Å². The van der Waals surface area contributed by atoms with Crippen molar-refractivity contribution in [2.45, 2.75) is 6.92 Å². The number of anilines is 2. The fourth-order valence-corrected chi connectivity index (χ4v) is 2.90. The van der Waals surface area contributed by atoms with Gasteiger partial charge in [-0.05, 0) is 31.2 Å². The van der Waals surface area contributed by atoms with Gasteiger partial charge in [-0.3, -0.25) is 19.7 Å². The molecular formula is C19H19N3O5. The van der Waals surface area contributed by atoms with Gasteiger partial charge in [-0.2, -0.15) is 0 Å². The van der Waals surface area contributed by atoms with Gasteiger partial charge in [0, 0.05) is 36.0 Å². The molecule has 1 saturated heterocycles. The lowest BCUT2D eigenvalue weighted by atomic mass is 10.1. The average molecular weight is 369 g/mol. The van der Waals surface area contributed by atoms with Gasteiger partial charge >= 0.3 is 0 Å². The number of benzene rings is 2. The van der Waals surface area contributed by atoms with Crippen molar-refractivity contribution in [3.63, 3.8) is 0 Å². The molecule has 0 atom stereocenters. The summed E-state index contributed by atoms with van der Waals surface area (Å²) >= 11 is 0. The molecule has 2 aromatic rings. The van der Waals surface area contributed by atoms with Gasteiger partial charge in [0.1, 0.15) is 5.69 Å². The molecule has 0 radical (unpaired) electrons. The number of carbonyl (C=O) groups excluding carboxylic acids is 2. The Labute approximate surface area is 155 Å². The van der Waals surface area contributed by atoms with Gasteiger partial charge in [0.15, 0.2) is 5.78 Å². The number of Topliss-reactive ketones (excluding diaryl/α,β-unsaturated/α-hetero) is 1. The first kappa shape index (κ1) is 18.5. The van der Waals surface area contributed by atoms with Crippen LogP contribution in [0.5, 0.6) is 0 Å². The lowest BCUT2D eigenvalue weighted by Gasteiger charge is -2.28. The Bertz CT molecular complexity index is 891. The summed E-state index contributed by atoms with van der Waals surface area (Å²) in [4.78, 5) is 36.8. The minimum absolute atomic E-state index is 0.114. The van der Waals surface area contributed by atoms with Crippen molar-refractivity contribution in [2.24, 2.45) is 0 Å². The highest BCUT2D eigenvalue weighted by Crippen LogP contribution is 2.30. The highest BCUT2D eigenvalue weighted by atomic mass is 16.6. The Balaban J connectivity index is 1.84. The molecule has 140 valence electrons. The summed E-state index contributed by atoms with van der Waals surface area (Å²) < 4.78 is 5.28. The van der Waals surface area contributed by atoms with Crippen molar-refractivity contribution in [2.75, 3.05) is 36.5 Å². The number of nitrogens with zero attached hydrogens (tertiary/aromatic N) is 2. The van der Waals surface area contributed by atoms with E-state index in [-0.39, 0.29) is 17.0 Å². The first-order chi connectivity index (χ1) is 13.0. The van der Waals surface area contributed by atoms with Crippen molar-refractivity contribution >= 4 is 28.8 Å². The largest absolute Gasteiger partial charge is 0.378 e. The number of carbonyl (C=O) groups is 2. The number of rotatable bonds is 5. The van der Waals surface area contributed by atoms with Crippen LogP contribution in [0.3, 0.4) is 0 Å². The molecule has 8 nitrogen and oxygen atoms in total. The Morgan fingerprint density at radius 1 is 1.11 bits per heavy atom. The molecule has 1 aliphatic rings. The van der Waals surface area contributed by atoms with Crippen LogP contribution in [0.2, 0.25) is 0 Å². The van der Waals surface area contributed by atoms with E-state index < -0.39 is 10.8 Å². The fraction of sp³-hybridized carbons (Fsp3) is 0.263. The van der Waals surface area contributed by atoms with Crippen LogP contribution in [0.1, 0.15) is 27.6 Å². The molecule has 1 aliphatic heterocycles. The SMILES string of the molecule is CC(=O)c1cccc(NC(=O)c2ccc(N3CCOCC3)c([N+](=O)[O-])c2)c1. The van der Waals surface area contributed by atoms with Crippen LogP contribution in [0.4, 0.5) is 17.1 Å². The maximum atomic E-state index is 12.5. The minimum Gasteiger partial charge on any atom is -0.378 e. The molecule has 3 rings (SSSR count). The van der Waals surface area contributed by atoms with Gasteiger partial charge < -0.3 is 15.0 Å². The number of morpholine rings is 1. The van der Waals surface area contributed by atoms with E-state index in [9.17, 15) is 19.7 Å². The maximum absolute atomic E-state index is 12.5. The van der Waals surface area contributed by atoms with Gasteiger partial charge in [0.25, 0.3) is 11.6 Å². The van der Waals surface area contributed by atoms with Gasteiger partial charge in [0.05, 0.1) is 18.1 Å². The Hall–Kier alpha value is -3.26. The van der Waals surface area contributed by atoms with Crippen molar-refractivity contribution in [3.8, 4) is 0 Å². The van der Waals surface area contributed by atoms with Crippen molar-refractivity contribution in [1.29, 1.82) is 0 Å². The molecule has 0 aromatic heterocycles. The smallest absolute Gasteiger partial charge is 0.293 e. The molecule has 0 unspecified atom stereocenters. The zero-order valence-corrected chi connectivity index (χ0v) is 14.8. The third-order valence-corrected chi connectivity index (χ3v) is 4.31. The van der Waals surface area contributed by atoms with E-state index in [1.54, 1.807) is 36.4 Å². The topological polar surface area (TPSA) is 102 Å². The lowest BCUT2D eigenvalue weighted by molar-refractivity contribution is -0.384. The van der Waals surface area contributed by atoms with Crippen LogP contribution in [0.15, 0.2) is 42.5 Å². The normalized spacial score (nSPS) is 13.9. The predicted molar refractivity (Wildman–Crippen MR) is 101 cm³/mol. The third-order valence-electron chi connectivity index (χ3n) is 4.31. The van der Waals surface area contributed by atoms with E-state index in [2.05, 4.69) is 5.32 Å². The summed E-state index contributed by atoms with van der Waals surface area (Å²) in [6, 6.07) is 11.0. The molecule has 1 amide bonds. The molecule has 1 fully saturated rings. The Morgan fingerprint density at radius 3 is 2.52 bits per heavy atom. The Kier molecular flexibility index (Phi) is 5.46. The second kappa shape index (κ2) is 7.96. The third kappa shape index (κ3) is 4.29. The number of nitrogens with one attached hydrogen (secondary N) is 1. The second-order valence-electron chi connectivity index (χ2n) is 6.15. The second-order valence-corrected chi connectivity index (χ2v) is 6.15. The minimum atomic E-state index is -0.488. The van der Waals surface area contributed by atoms with Crippen molar-refractivity contribution < 1.29 is 19.2 Å². The highest BCUT2D eigenvalue weighted by molar-refractivity contribution is 6.06. The fourth-order valence-electron chi connectivity index (χ4n) is 2.90. The number of ketones is 1. The summed E-state index contributed by atoms with van der Waals surface area (Å²) in [6.07, 6.45) is 0. The van der Waals surface area contributed by atoms with Crippen LogP contribution in [-0.2, 0) is 4.74 Å². The molecule has 1 heterocycles. The molecule has 8 heteroatoms. The molecule has 0 bridgehead atoms. The zero-order valence-electron chi connectivity index (χ0n) is 14.8. The summed E-state index contributed by atoms with van der Waals surface area (Å²) in [7, 11) is 0.